The zero-order valence-electron chi connectivity index (χ0n) is 14.5. The minimum atomic E-state index is -0.267. The van der Waals surface area contributed by atoms with Crippen molar-refractivity contribution in [3.05, 3.63) is 35.9 Å². The zero-order valence-corrected chi connectivity index (χ0v) is 14.5. The molecule has 1 aromatic rings. The lowest BCUT2D eigenvalue weighted by Crippen LogP contribution is -2.55. The van der Waals surface area contributed by atoms with Crippen LogP contribution in [-0.4, -0.2) is 59.9 Å². The molecule has 1 atom stereocenters. The van der Waals surface area contributed by atoms with Crippen molar-refractivity contribution in [1.29, 1.82) is 0 Å². The van der Waals surface area contributed by atoms with Gasteiger partial charge in [0.25, 0.3) is 11.8 Å². The van der Waals surface area contributed by atoms with Crippen LogP contribution in [0.15, 0.2) is 30.3 Å². The molecule has 0 spiro atoms. The van der Waals surface area contributed by atoms with Crippen LogP contribution in [0.3, 0.4) is 0 Å². The molecule has 1 aromatic carbocycles. The monoisotopic (exact) mass is 344 g/mol. The quantitative estimate of drug-likeness (QED) is 0.778. The van der Waals surface area contributed by atoms with E-state index in [9.17, 15) is 14.4 Å². The summed E-state index contributed by atoms with van der Waals surface area (Å²) in [5.74, 6) is -0.537. The van der Waals surface area contributed by atoms with Gasteiger partial charge in [0.05, 0.1) is 5.92 Å². The Balaban J connectivity index is 1.62. The molecule has 0 radical (unpaired) electrons. The van der Waals surface area contributed by atoms with Gasteiger partial charge in [-0.2, -0.15) is 0 Å². The lowest BCUT2D eigenvalue weighted by molar-refractivity contribution is -0.162. The van der Waals surface area contributed by atoms with Gasteiger partial charge in [-0.3, -0.25) is 19.3 Å². The lowest BCUT2D eigenvalue weighted by atomic mass is 9.93. The number of amides is 3. The summed E-state index contributed by atoms with van der Waals surface area (Å²) in [5.41, 5.74) is 1.04. The van der Waals surface area contributed by atoms with Gasteiger partial charge in [-0.05, 0) is 24.8 Å². The van der Waals surface area contributed by atoms with Gasteiger partial charge in [0.2, 0.25) is 5.91 Å². The number of hydrogen-bond acceptors (Lipinski definition) is 4. The summed E-state index contributed by atoms with van der Waals surface area (Å²) in [4.78, 5) is 40.0. The highest BCUT2D eigenvalue weighted by Crippen LogP contribution is 2.25. The first-order chi connectivity index (χ1) is 12.1. The summed E-state index contributed by atoms with van der Waals surface area (Å²) < 4.78 is 4.96. The van der Waals surface area contributed by atoms with E-state index in [1.165, 1.54) is 4.90 Å². The van der Waals surface area contributed by atoms with E-state index in [4.69, 9.17) is 4.74 Å². The molecule has 2 aliphatic rings. The number of likely N-dealkylation sites (tertiary alicyclic amines) is 1. The molecule has 2 fully saturated rings. The van der Waals surface area contributed by atoms with Crippen molar-refractivity contribution in [2.75, 3.05) is 26.3 Å². The van der Waals surface area contributed by atoms with Crippen molar-refractivity contribution in [3.8, 4) is 0 Å². The minimum Gasteiger partial charge on any atom is -0.362 e. The average molecular weight is 344 g/mol. The van der Waals surface area contributed by atoms with Gasteiger partial charge in [-0.1, -0.05) is 37.3 Å². The summed E-state index contributed by atoms with van der Waals surface area (Å²) in [7, 11) is 0. The Labute approximate surface area is 147 Å². The number of carbonyl (C=O) groups is 3. The van der Waals surface area contributed by atoms with Crippen LogP contribution in [0.25, 0.3) is 0 Å². The molecule has 0 saturated carbocycles. The molecule has 6 nitrogen and oxygen atoms in total. The molecule has 134 valence electrons. The standard InChI is InChI=1S/C19H24N2O4/c1-2-16(14-6-4-3-5-7-14)19(24)20-10-8-15(9-11-20)21-17(22)12-25-13-18(21)23/h3-7,15-16H,2,8-13H2,1H3. The van der Waals surface area contributed by atoms with Crippen LogP contribution in [0.2, 0.25) is 0 Å². The van der Waals surface area contributed by atoms with Crippen LogP contribution in [-0.2, 0) is 19.1 Å². The fourth-order valence-electron chi connectivity index (χ4n) is 3.71. The Morgan fingerprint density at radius 2 is 1.72 bits per heavy atom. The van der Waals surface area contributed by atoms with E-state index in [1.807, 2.05) is 42.2 Å². The molecule has 6 heteroatoms. The van der Waals surface area contributed by atoms with E-state index in [2.05, 4.69) is 0 Å². The fraction of sp³-hybridized carbons (Fsp3) is 0.526. The summed E-state index contributed by atoms with van der Waals surface area (Å²) in [6, 6.07) is 9.71. The molecule has 25 heavy (non-hydrogen) atoms. The topological polar surface area (TPSA) is 66.9 Å². The molecule has 2 aliphatic heterocycles. The maximum Gasteiger partial charge on any atom is 0.255 e. The summed E-state index contributed by atoms with van der Waals surface area (Å²) in [6.45, 7) is 3.11. The molecule has 0 N–H and O–H groups in total. The van der Waals surface area contributed by atoms with Gasteiger partial charge < -0.3 is 9.64 Å². The molecule has 0 aromatic heterocycles. The first-order valence-electron chi connectivity index (χ1n) is 8.88. The maximum absolute atomic E-state index is 12.9. The van der Waals surface area contributed by atoms with Crippen molar-refractivity contribution >= 4 is 17.7 Å². The van der Waals surface area contributed by atoms with Crippen LogP contribution in [0.4, 0.5) is 0 Å². The Hall–Kier alpha value is -2.21. The van der Waals surface area contributed by atoms with E-state index < -0.39 is 0 Å². The van der Waals surface area contributed by atoms with Crippen LogP contribution in [0.1, 0.15) is 37.7 Å². The molecule has 3 rings (SSSR count). The molecular weight excluding hydrogens is 320 g/mol. The van der Waals surface area contributed by atoms with E-state index in [-0.39, 0.29) is 42.9 Å². The predicted molar refractivity (Wildman–Crippen MR) is 91.7 cm³/mol. The van der Waals surface area contributed by atoms with Crippen molar-refractivity contribution in [2.45, 2.75) is 38.1 Å². The molecule has 3 amide bonds. The first-order valence-corrected chi connectivity index (χ1v) is 8.88. The number of ether oxygens (including phenoxy) is 1. The molecule has 1 unspecified atom stereocenters. The average Bonchev–Trinajstić information content (AvgIpc) is 2.63. The number of hydrogen-bond donors (Lipinski definition) is 0. The van der Waals surface area contributed by atoms with E-state index in [1.54, 1.807) is 0 Å². The van der Waals surface area contributed by atoms with Gasteiger partial charge in [0, 0.05) is 19.1 Å². The normalized spacial score (nSPS) is 20.7. The Bertz CT molecular complexity index is 622. The van der Waals surface area contributed by atoms with Crippen molar-refractivity contribution in [1.82, 2.24) is 9.80 Å². The largest absolute Gasteiger partial charge is 0.362 e. The second-order valence-electron chi connectivity index (χ2n) is 6.58. The number of carbonyl (C=O) groups excluding carboxylic acids is 3. The van der Waals surface area contributed by atoms with Gasteiger partial charge >= 0.3 is 0 Å². The molecule has 2 saturated heterocycles. The summed E-state index contributed by atoms with van der Waals surface area (Å²) >= 11 is 0. The van der Waals surface area contributed by atoms with Crippen molar-refractivity contribution < 1.29 is 19.1 Å². The zero-order chi connectivity index (χ0) is 17.8. The number of nitrogens with zero attached hydrogens (tertiary/aromatic N) is 2. The third-order valence-electron chi connectivity index (χ3n) is 5.04. The second kappa shape index (κ2) is 7.78. The molecular formula is C19H24N2O4. The van der Waals surface area contributed by atoms with E-state index in [0.29, 0.717) is 25.9 Å². The second-order valence-corrected chi connectivity index (χ2v) is 6.58. The first kappa shape index (κ1) is 17.6. The smallest absolute Gasteiger partial charge is 0.255 e. The number of morpholine rings is 1. The summed E-state index contributed by atoms with van der Waals surface area (Å²) in [5, 5.41) is 0. The van der Waals surface area contributed by atoms with Gasteiger partial charge in [0.15, 0.2) is 0 Å². The van der Waals surface area contributed by atoms with E-state index >= 15 is 0 Å². The number of piperidine rings is 1. The van der Waals surface area contributed by atoms with Gasteiger partial charge in [-0.25, -0.2) is 0 Å². The fourth-order valence-corrected chi connectivity index (χ4v) is 3.71. The Morgan fingerprint density at radius 3 is 2.28 bits per heavy atom. The summed E-state index contributed by atoms with van der Waals surface area (Å²) in [6.07, 6.45) is 2.02. The van der Waals surface area contributed by atoms with Crippen LogP contribution in [0, 0.1) is 0 Å². The van der Waals surface area contributed by atoms with Crippen LogP contribution < -0.4 is 0 Å². The maximum atomic E-state index is 12.9. The van der Waals surface area contributed by atoms with E-state index in [0.717, 1.165) is 12.0 Å². The highest BCUT2D eigenvalue weighted by atomic mass is 16.5. The number of rotatable bonds is 4. The highest BCUT2D eigenvalue weighted by molar-refractivity contribution is 5.98. The third-order valence-corrected chi connectivity index (χ3v) is 5.04. The number of benzene rings is 1. The van der Waals surface area contributed by atoms with Crippen LogP contribution in [0.5, 0.6) is 0 Å². The number of imide groups is 1. The lowest BCUT2D eigenvalue weighted by Gasteiger charge is -2.39. The predicted octanol–water partition coefficient (Wildman–Crippen LogP) is 1.56. The molecule has 0 aliphatic carbocycles. The van der Waals surface area contributed by atoms with Gasteiger partial charge in [-0.15, -0.1) is 0 Å². The molecule has 2 heterocycles. The van der Waals surface area contributed by atoms with Crippen LogP contribution >= 0.6 is 0 Å². The van der Waals surface area contributed by atoms with Gasteiger partial charge in [0.1, 0.15) is 13.2 Å². The SMILES string of the molecule is CCC(C(=O)N1CCC(N2C(=O)COCC2=O)CC1)c1ccccc1. The Morgan fingerprint density at radius 1 is 1.12 bits per heavy atom. The molecule has 0 bridgehead atoms. The highest BCUT2D eigenvalue weighted by Gasteiger charge is 2.36. The third kappa shape index (κ3) is 3.74. The Kier molecular flexibility index (Phi) is 5.48. The minimum absolute atomic E-state index is 0.0310. The van der Waals surface area contributed by atoms with Crippen molar-refractivity contribution in [3.63, 3.8) is 0 Å². The van der Waals surface area contributed by atoms with Crippen molar-refractivity contribution in [2.24, 2.45) is 0 Å².